The predicted molar refractivity (Wildman–Crippen MR) is 139 cm³/mol. The van der Waals surface area contributed by atoms with Crippen molar-refractivity contribution in [2.24, 2.45) is 23.3 Å². The van der Waals surface area contributed by atoms with Crippen molar-refractivity contribution in [3.8, 4) is 0 Å². The van der Waals surface area contributed by atoms with E-state index in [4.69, 9.17) is 11.5 Å². The van der Waals surface area contributed by atoms with Crippen LogP contribution in [0.5, 0.6) is 0 Å². The van der Waals surface area contributed by atoms with Gasteiger partial charge in [0.15, 0.2) is 0 Å². The predicted octanol–water partition coefficient (Wildman–Crippen LogP) is 0.927. The van der Waals surface area contributed by atoms with Crippen LogP contribution in [0.2, 0.25) is 0 Å². The third-order valence-electron chi connectivity index (χ3n) is 6.29. The van der Waals surface area contributed by atoms with Crippen molar-refractivity contribution in [1.29, 1.82) is 0 Å². The van der Waals surface area contributed by atoms with Gasteiger partial charge in [-0.15, -0.1) is 0 Å². The molecule has 0 spiro atoms. The largest absolute Gasteiger partial charge is 0.480 e. The van der Waals surface area contributed by atoms with Gasteiger partial charge in [0.05, 0.1) is 6.04 Å². The molecule has 1 rings (SSSR count). The van der Waals surface area contributed by atoms with Crippen molar-refractivity contribution in [2.75, 3.05) is 6.54 Å². The van der Waals surface area contributed by atoms with Crippen LogP contribution >= 0.6 is 0 Å². The summed E-state index contributed by atoms with van der Waals surface area (Å²) in [5.41, 5.74) is 12.4. The number of carboxylic acids is 1. The molecular formula is C26H43N5O5. The van der Waals surface area contributed by atoms with Crippen molar-refractivity contribution in [1.82, 2.24) is 16.0 Å². The van der Waals surface area contributed by atoms with Crippen molar-refractivity contribution < 1.29 is 24.3 Å². The third-order valence-corrected chi connectivity index (χ3v) is 6.29. The van der Waals surface area contributed by atoms with Gasteiger partial charge in [0.2, 0.25) is 17.7 Å². The topological polar surface area (TPSA) is 177 Å². The minimum Gasteiger partial charge on any atom is -0.480 e. The maximum Gasteiger partial charge on any atom is 0.326 e. The van der Waals surface area contributed by atoms with Crippen LogP contribution in [-0.4, -0.2) is 59.5 Å². The Labute approximate surface area is 213 Å². The second-order valence-corrected chi connectivity index (χ2v) is 9.58. The summed E-state index contributed by atoms with van der Waals surface area (Å²) in [6.07, 6.45) is 2.44. The van der Waals surface area contributed by atoms with Crippen LogP contribution in [0.1, 0.15) is 58.9 Å². The zero-order valence-electron chi connectivity index (χ0n) is 21.8. The first-order valence-electron chi connectivity index (χ1n) is 12.6. The first kappa shape index (κ1) is 31.1. The molecule has 0 aromatic heterocycles. The number of hydrogen-bond acceptors (Lipinski definition) is 6. The summed E-state index contributed by atoms with van der Waals surface area (Å²) in [4.78, 5) is 50.8. The Hall–Kier alpha value is -2.98. The highest BCUT2D eigenvalue weighted by Crippen LogP contribution is 2.10. The van der Waals surface area contributed by atoms with Crippen LogP contribution in [0.4, 0.5) is 0 Å². The number of carboxylic acid groups (broad SMARTS) is 1. The Bertz CT molecular complexity index is 848. The molecule has 0 aliphatic heterocycles. The van der Waals surface area contributed by atoms with Crippen LogP contribution < -0.4 is 27.4 Å². The molecule has 0 radical (unpaired) electrons. The van der Waals surface area contributed by atoms with Crippen LogP contribution in [0, 0.1) is 11.8 Å². The van der Waals surface area contributed by atoms with E-state index in [9.17, 15) is 24.3 Å². The summed E-state index contributed by atoms with van der Waals surface area (Å²) in [5.74, 6) is -3.18. The monoisotopic (exact) mass is 505 g/mol. The van der Waals surface area contributed by atoms with E-state index in [0.29, 0.717) is 32.2 Å². The van der Waals surface area contributed by atoms with Crippen LogP contribution in [0.15, 0.2) is 30.3 Å². The number of unbranched alkanes of at least 4 members (excludes halogenated alkanes) is 1. The number of nitrogens with two attached hydrogens (primary N) is 2. The van der Waals surface area contributed by atoms with Gasteiger partial charge in [-0.3, -0.25) is 14.4 Å². The molecule has 5 unspecified atom stereocenters. The molecule has 1 aromatic rings. The molecular weight excluding hydrogens is 462 g/mol. The molecule has 0 saturated heterocycles. The molecule has 0 heterocycles. The summed E-state index contributed by atoms with van der Waals surface area (Å²) < 4.78 is 0. The third kappa shape index (κ3) is 10.3. The number of rotatable bonds is 16. The minimum atomic E-state index is -1.16. The Kier molecular flexibility index (Phi) is 13.7. The van der Waals surface area contributed by atoms with Crippen LogP contribution in [0.25, 0.3) is 0 Å². The quantitative estimate of drug-likeness (QED) is 0.181. The number of nitrogens with one attached hydrogen (secondary N) is 3. The SMILES string of the molecule is CCC(C)C(N)C(=O)NC(CCCCN)C(=O)NC(Cc1ccccc1)C(=O)NC(C(=O)O)C(C)C. The lowest BCUT2D eigenvalue weighted by Crippen LogP contribution is -2.58. The van der Waals surface area contributed by atoms with Crippen LogP contribution in [0.3, 0.4) is 0 Å². The molecule has 0 fully saturated rings. The molecule has 5 atom stereocenters. The van der Waals surface area contributed by atoms with E-state index < -0.39 is 47.9 Å². The van der Waals surface area contributed by atoms with E-state index in [0.717, 1.165) is 5.56 Å². The lowest BCUT2D eigenvalue weighted by Gasteiger charge is -2.27. The highest BCUT2D eigenvalue weighted by molar-refractivity contribution is 5.94. The van der Waals surface area contributed by atoms with Crippen LogP contribution in [-0.2, 0) is 25.6 Å². The summed E-state index contributed by atoms with van der Waals surface area (Å²) in [6.45, 7) is 7.61. The van der Waals surface area contributed by atoms with Gasteiger partial charge in [0.1, 0.15) is 18.1 Å². The highest BCUT2D eigenvalue weighted by atomic mass is 16.4. The normalized spacial score (nSPS) is 15.3. The molecule has 0 bridgehead atoms. The second-order valence-electron chi connectivity index (χ2n) is 9.58. The van der Waals surface area contributed by atoms with Gasteiger partial charge in [0.25, 0.3) is 0 Å². The smallest absolute Gasteiger partial charge is 0.326 e. The number of carbonyl (C=O) groups excluding carboxylic acids is 3. The van der Waals surface area contributed by atoms with E-state index in [1.165, 1.54) is 0 Å². The molecule has 10 nitrogen and oxygen atoms in total. The Balaban J connectivity index is 3.12. The van der Waals surface area contributed by atoms with Gasteiger partial charge < -0.3 is 32.5 Å². The summed E-state index contributed by atoms with van der Waals surface area (Å²) in [5, 5.41) is 17.5. The number of benzene rings is 1. The average Bonchev–Trinajstić information content (AvgIpc) is 2.85. The molecule has 1 aromatic carbocycles. The molecule has 0 aliphatic rings. The van der Waals surface area contributed by atoms with E-state index in [1.54, 1.807) is 13.8 Å². The number of amides is 3. The summed E-state index contributed by atoms with van der Waals surface area (Å²) >= 11 is 0. The minimum absolute atomic E-state index is 0.0710. The molecule has 10 heteroatoms. The van der Waals surface area contributed by atoms with E-state index >= 15 is 0 Å². The summed E-state index contributed by atoms with van der Waals surface area (Å²) in [6, 6.07) is 5.25. The van der Waals surface area contributed by atoms with Crippen molar-refractivity contribution in [3.05, 3.63) is 35.9 Å². The highest BCUT2D eigenvalue weighted by Gasteiger charge is 2.31. The van der Waals surface area contributed by atoms with Gasteiger partial charge in [-0.1, -0.05) is 64.4 Å². The Morgan fingerprint density at radius 2 is 1.47 bits per heavy atom. The number of carbonyl (C=O) groups is 4. The zero-order valence-corrected chi connectivity index (χ0v) is 21.8. The maximum absolute atomic E-state index is 13.3. The molecule has 8 N–H and O–H groups in total. The van der Waals surface area contributed by atoms with Gasteiger partial charge in [-0.25, -0.2) is 4.79 Å². The second kappa shape index (κ2) is 15.9. The van der Waals surface area contributed by atoms with Gasteiger partial charge >= 0.3 is 5.97 Å². The first-order valence-corrected chi connectivity index (χ1v) is 12.6. The van der Waals surface area contributed by atoms with Gasteiger partial charge in [-0.2, -0.15) is 0 Å². The van der Waals surface area contributed by atoms with Gasteiger partial charge in [0, 0.05) is 6.42 Å². The zero-order chi connectivity index (χ0) is 27.3. The fraction of sp³-hybridized carbons (Fsp3) is 0.615. The lowest BCUT2D eigenvalue weighted by atomic mass is 9.98. The molecule has 0 saturated carbocycles. The van der Waals surface area contributed by atoms with E-state index in [-0.39, 0.29) is 18.3 Å². The number of aliphatic carboxylic acids is 1. The molecule has 36 heavy (non-hydrogen) atoms. The maximum atomic E-state index is 13.3. The van der Waals surface area contributed by atoms with E-state index in [2.05, 4.69) is 16.0 Å². The van der Waals surface area contributed by atoms with Gasteiger partial charge in [-0.05, 0) is 43.2 Å². The summed E-state index contributed by atoms with van der Waals surface area (Å²) in [7, 11) is 0. The van der Waals surface area contributed by atoms with E-state index in [1.807, 2.05) is 44.2 Å². The molecule has 0 aliphatic carbocycles. The standard InChI is InChI=1S/C26H43N5O5/c1-5-17(4)21(28)25(34)29-19(13-9-10-14-27)23(32)30-20(15-18-11-7-6-8-12-18)24(33)31-22(16(2)3)26(35)36/h6-8,11-12,16-17,19-22H,5,9-10,13-15,27-28H2,1-4H3,(H,29,34)(H,30,32)(H,31,33)(H,35,36). The fourth-order valence-corrected chi connectivity index (χ4v) is 3.64. The lowest BCUT2D eigenvalue weighted by molar-refractivity contribution is -0.143. The fourth-order valence-electron chi connectivity index (χ4n) is 3.64. The molecule has 3 amide bonds. The Morgan fingerprint density at radius 3 is 2.00 bits per heavy atom. The Morgan fingerprint density at radius 1 is 0.889 bits per heavy atom. The van der Waals surface area contributed by atoms with Crippen molar-refractivity contribution >= 4 is 23.7 Å². The molecule has 202 valence electrons. The number of hydrogen-bond donors (Lipinski definition) is 6. The van der Waals surface area contributed by atoms with Crippen molar-refractivity contribution in [2.45, 2.75) is 84.0 Å². The average molecular weight is 506 g/mol. The first-order chi connectivity index (χ1) is 17.0. The van der Waals surface area contributed by atoms with Crippen molar-refractivity contribution in [3.63, 3.8) is 0 Å².